The molecule has 0 aromatic rings. The first-order valence-electron chi connectivity index (χ1n) is 7.04. The molecular weight excluding hydrogens is 290 g/mol. The molecule has 0 radical (unpaired) electrons. The van der Waals surface area contributed by atoms with Gasteiger partial charge in [-0.15, -0.1) is 6.58 Å². The van der Waals surface area contributed by atoms with Crippen molar-refractivity contribution in [1.82, 2.24) is 15.5 Å². The van der Waals surface area contributed by atoms with Crippen molar-refractivity contribution in [3.63, 3.8) is 0 Å². The molecule has 1 saturated heterocycles. The van der Waals surface area contributed by atoms with Crippen molar-refractivity contribution in [2.24, 2.45) is 5.92 Å². The van der Waals surface area contributed by atoms with Crippen molar-refractivity contribution in [2.75, 3.05) is 26.2 Å². The summed E-state index contributed by atoms with van der Waals surface area (Å²) in [5.41, 5.74) is 0. The van der Waals surface area contributed by atoms with Crippen molar-refractivity contribution < 1.29 is 14.3 Å². The highest BCUT2D eigenvalue weighted by Crippen LogP contribution is 2.11. The minimum absolute atomic E-state index is 0.00549. The Hall–Kier alpha value is -1.63. The maximum atomic E-state index is 12.0. The van der Waals surface area contributed by atoms with Crippen LogP contribution in [0, 0.1) is 5.92 Å². The highest BCUT2D eigenvalue weighted by molar-refractivity contribution is 7.80. The van der Waals surface area contributed by atoms with E-state index in [0.29, 0.717) is 31.4 Å². The Morgan fingerprint density at radius 3 is 3.00 bits per heavy atom. The zero-order valence-electron chi connectivity index (χ0n) is 12.6. The normalized spacial score (nSPS) is 18.1. The molecule has 1 aliphatic heterocycles. The van der Waals surface area contributed by atoms with E-state index in [4.69, 9.17) is 17.0 Å². The Bertz CT molecular complexity index is 412. The molecule has 1 rings (SSSR count). The molecule has 0 bridgehead atoms. The van der Waals surface area contributed by atoms with Gasteiger partial charge in [0.2, 0.25) is 5.91 Å². The SMILES string of the molecule is C=CCNC(=S)N1CCNC(=O)C1CC(=O)OCC(C)C. The van der Waals surface area contributed by atoms with Crippen LogP contribution in [0.3, 0.4) is 0 Å². The molecule has 1 aliphatic rings. The zero-order valence-corrected chi connectivity index (χ0v) is 13.4. The molecule has 7 heteroatoms. The number of nitrogens with one attached hydrogen (secondary N) is 2. The first-order chi connectivity index (χ1) is 9.95. The Morgan fingerprint density at radius 2 is 2.38 bits per heavy atom. The lowest BCUT2D eigenvalue weighted by Crippen LogP contribution is -2.59. The van der Waals surface area contributed by atoms with E-state index in [1.54, 1.807) is 11.0 Å². The average Bonchev–Trinajstić information content (AvgIpc) is 2.44. The van der Waals surface area contributed by atoms with Crippen LogP contribution >= 0.6 is 12.2 Å². The van der Waals surface area contributed by atoms with Gasteiger partial charge >= 0.3 is 5.97 Å². The number of rotatable bonds is 6. The summed E-state index contributed by atoms with van der Waals surface area (Å²) in [7, 11) is 0. The summed E-state index contributed by atoms with van der Waals surface area (Å²) < 4.78 is 5.14. The first-order valence-corrected chi connectivity index (χ1v) is 7.45. The molecule has 0 aliphatic carbocycles. The third kappa shape index (κ3) is 5.71. The van der Waals surface area contributed by atoms with Crippen molar-refractivity contribution in [1.29, 1.82) is 0 Å². The number of amides is 1. The van der Waals surface area contributed by atoms with E-state index in [2.05, 4.69) is 17.2 Å². The van der Waals surface area contributed by atoms with Crippen molar-refractivity contribution in [2.45, 2.75) is 26.3 Å². The number of ether oxygens (including phenoxy) is 1. The lowest BCUT2D eigenvalue weighted by atomic mass is 10.1. The fourth-order valence-electron chi connectivity index (χ4n) is 1.90. The first kappa shape index (κ1) is 17.4. The van der Waals surface area contributed by atoms with Gasteiger partial charge in [0.05, 0.1) is 13.0 Å². The van der Waals surface area contributed by atoms with Gasteiger partial charge in [0.25, 0.3) is 0 Å². The Kier molecular flexibility index (Phi) is 7.14. The number of hydrogen-bond acceptors (Lipinski definition) is 4. The highest BCUT2D eigenvalue weighted by atomic mass is 32.1. The van der Waals surface area contributed by atoms with Crippen LogP contribution < -0.4 is 10.6 Å². The minimum atomic E-state index is -0.622. The van der Waals surface area contributed by atoms with Gasteiger partial charge in [0, 0.05) is 19.6 Å². The maximum absolute atomic E-state index is 12.0. The highest BCUT2D eigenvalue weighted by Gasteiger charge is 2.33. The minimum Gasteiger partial charge on any atom is -0.465 e. The third-order valence-electron chi connectivity index (χ3n) is 2.93. The standard InChI is InChI=1S/C14H23N3O3S/c1-4-5-16-14(21)17-7-6-15-13(19)11(17)8-12(18)20-9-10(2)3/h4,10-11H,1,5-9H2,2-3H3,(H,15,19)(H,16,21). The molecule has 0 spiro atoms. The summed E-state index contributed by atoms with van der Waals surface area (Å²) in [6.45, 7) is 9.47. The number of carbonyl (C=O) groups is 2. The van der Waals surface area contributed by atoms with Crippen LogP contribution in [-0.4, -0.2) is 54.2 Å². The number of piperazine rings is 1. The molecule has 1 amide bonds. The second kappa shape index (κ2) is 8.61. The van der Waals surface area contributed by atoms with Crippen LogP contribution in [0.4, 0.5) is 0 Å². The van der Waals surface area contributed by atoms with Gasteiger partial charge in [-0.3, -0.25) is 9.59 Å². The summed E-state index contributed by atoms with van der Waals surface area (Å²) in [6, 6.07) is -0.622. The van der Waals surface area contributed by atoms with Crippen molar-refractivity contribution in [3.8, 4) is 0 Å². The maximum Gasteiger partial charge on any atom is 0.308 e. The summed E-state index contributed by atoms with van der Waals surface area (Å²) >= 11 is 5.26. The second-order valence-electron chi connectivity index (χ2n) is 5.26. The summed E-state index contributed by atoms with van der Waals surface area (Å²) in [4.78, 5) is 25.6. The van der Waals surface area contributed by atoms with E-state index < -0.39 is 6.04 Å². The number of hydrogen-bond donors (Lipinski definition) is 2. The van der Waals surface area contributed by atoms with Gasteiger partial charge in [-0.2, -0.15) is 0 Å². The fourth-order valence-corrected chi connectivity index (χ4v) is 2.20. The molecule has 2 N–H and O–H groups in total. The fraction of sp³-hybridized carbons (Fsp3) is 0.643. The second-order valence-corrected chi connectivity index (χ2v) is 5.64. The average molecular weight is 313 g/mol. The number of nitrogens with zero attached hydrogens (tertiary/aromatic N) is 1. The molecule has 1 fully saturated rings. The molecule has 0 aromatic carbocycles. The van der Waals surface area contributed by atoms with Gasteiger partial charge in [-0.1, -0.05) is 19.9 Å². The van der Waals surface area contributed by atoms with Crippen molar-refractivity contribution in [3.05, 3.63) is 12.7 Å². The molecule has 21 heavy (non-hydrogen) atoms. The van der Waals surface area contributed by atoms with Gasteiger partial charge in [0.15, 0.2) is 5.11 Å². The van der Waals surface area contributed by atoms with Gasteiger partial charge in [0.1, 0.15) is 6.04 Å². The molecule has 0 saturated carbocycles. The molecular formula is C14H23N3O3S. The molecule has 118 valence electrons. The van der Waals surface area contributed by atoms with Gasteiger partial charge < -0.3 is 20.3 Å². The Balaban J connectivity index is 2.63. The smallest absolute Gasteiger partial charge is 0.308 e. The van der Waals surface area contributed by atoms with Gasteiger partial charge in [-0.05, 0) is 18.1 Å². The molecule has 1 heterocycles. The van der Waals surface area contributed by atoms with E-state index in [-0.39, 0.29) is 24.2 Å². The van der Waals surface area contributed by atoms with Crippen LogP contribution in [0.5, 0.6) is 0 Å². The van der Waals surface area contributed by atoms with Gasteiger partial charge in [-0.25, -0.2) is 0 Å². The monoisotopic (exact) mass is 313 g/mol. The number of carbonyl (C=O) groups excluding carboxylic acids is 2. The summed E-state index contributed by atoms with van der Waals surface area (Å²) in [6.07, 6.45) is 1.68. The zero-order chi connectivity index (χ0) is 15.8. The lowest BCUT2D eigenvalue weighted by molar-refractivity contribution is -0.148. The van der Waals surface area contributed by atoms with E-state index in [0.717, 1.165) is 0 Å². The molecule has 6 nitrogen and oxygen atoms in total. The number of thiocarbonyl (C=S) groups is 1. The van der Waals surface area contributed by atoms with Crippen LogP contribution in [0.1, 0.15) is 20.3 Å². The van der Waals surface area contributed by atoms with Crippen LogP contribution in [0.25, 0.3) is 0 Å². The van der Waals surface area contributed by atoms with Crippen LogP contribution in [0.15, 0.2) is 12.7 Å². The molecule has 1 atom stereocenters. The Labute approximate surface area is 130 Å². The van der Waals surface area contributed by atoms with E-state index in [1.165, 1.54) is 0 Å². The van der Waals surface area contributed by atoms with E-state index in [1.807, 2.05) is 13.8 Å². The predicted molar refractivity (Wildman–Crippen MR) is 84.7 cm³/mol. The summed E-state index contributed by atoms with van der Waals surface area (Å²) in [5, 5.41) is 6.18. The van der Waals surface area contributed by atoms with Crippen molar-refractivity contribution >= 4 is 29.2 Å². The molecule has 0 aromatic heterocycles. The summed E-state index contributed by atoms with van der Waals surface area (Å²) in [5.74, 6) is -0.326. The molecule has 1 unspecified atom stereocenters. The topological polar surface area (TPSA) is 70.7 Å². The van der Waals surface area contributed by atoms with E-state index >= 15 is 0 Å². The lowest BCUT2D eigenvalue weighted by Gasteiger charge is -2.36. The third-order valence-corrected chi connectivity index (χ3v) is 3.31. The van der Waals surface area contributed by atoms with E-state index in [9.17, 15) is 9.59 Å². The number of esters is 1. The largest absolute Gasteiger partial charge is 0.465 e. The Morgan fingerprint density at radius 1 is 1.67 bits per heavy atom. The quantitative estimate of drug-likeness (QED) is 0.421. The van der Waals surface area contributed by atoms with Crippen LogP contribution in [-0.2, 0) is 14.3 Å². The van der Waals surface area contributed by atoms with Crippen LogP contribution in [0.2, 0.25) is 0 Å². The predicted octanol–water partition coefficient (Wildman–Crippen LogP) is 0.437.